The van der Waals surface area contributed by atoms with Crippen molar-refractivity contribution in [1.82, 2.24) is 15.2 Å². The van der Waals surface area contributed by atoms with Crippen LogP contribution in [0.4, 0.5) is 11.4 Å². The van der Waals surface area contributed by atoms with Crippen LogP contribution in [0.5, 0.6) is 5.75 Å². The number of methoxy groups -OCH3 is 1. The Kier molecular flexibility index (Phi) is 8.11. The zero-order valence-corrected chi connectivity index (χ0v) is 22.0. The summed E-state index contributed by atoms with van der Waals surface area (Å²) in [6.45, 7) is 2.79. The largest absolute Gasteiger partial charge is 0.495 e. The van der Waals surface area contributed by atoms with Crippen LogP contribution in [0.2, 0.25) is 10.0 Å². The number of pyridine rings is 1. The van der Waals surface area contributed by atoms with E-state index in [-0.39, 0.29) is 0 Å². The van der Waals surface area contributed by atoms with Gasteiger partial charge in [0.25, 0.3) is 0 Å². The van der Waals surface area contributed by atoms with E-state index in [9.17, 15) is 5.26 Å². The van der Waals surface area contributed by atoms with E-state index in [2.05, 4.69) is 52.1 Å². The maximum absolute atomic E-state index is 9.71. The zero-order valence-electron chi connectivity index (χ0n) is 19.7. The topological polar surface area (TPSA) is 73.2 Å². The molecule has 0 saturated heterocycles. The van der Waals surface area contributed by atoms with Crippen LogP contribution in [0, 0.1) is 11.3 Å². The smallest absolute Gasteiger partial charge is 0.139 e. The van der Waals surface area contributed by atoms with Gasteiger partial charge in [-0.15, -0.1) is 11.3 Å². The molecule has 0 fully saturated rings. The number of nitrogens with one attached hydrogen (secondary N) is 2. The summed E-state index contributed by atoms with van der Waals surface area (Å²) in [5.74, 6) is 0.488. The van der Waals surface area contributed by atoms with E-state index in [4.69, 9.17) is 27.9 Å². The van der Waals surface area contributed by atoms with E-state index in [1.54, 1.807) is 36.8 Å². The molecule has 0 saturated carbocycles. The second-order valence-electron chi connectivity index (χ2n) is 8.26. The molecule has 9 heteroatoms. The van der Waals surface area contributed by atoms with E-state index < -0.39 is 0 Å². The summed E-state index contributed by atoms with van der Waals surface area (Å²) in [5, 5.41) is 20.3. The average Bonchev–Trinajstić information content (AvgIpc) is 3.32. The molecule has 0 aliphatic rings. The molecule has 0 unspecified atom stereocenters. The highest BCUT2D eigenvalue weighted by Crippen LogP contribution is 2.38. The van der Waals surface area contributed by atoms with Gasteiger partial charge in [0.05, 0.1) is 39.6 Å². The van der Waals surface area contributed by atoms with Gasteiger partial charge in [-0.05, 0) is 48.8 Å². The predicted molar refractivity (Wildman–Crippen MR) is 146 cm³/mol. The Morgan fingerprint density at radius 3 is 2.69 bits per heavy atom. The summed E-state index contributed by atoms with van der Waals surface area (Å²) in [7, 11) is 5.68. The molecule has 0 aliphatic heterocycles. The number of nitrogens with zero attached hydrogens (tertiary/aromatic N) is 3. The first kappa shape index (κ1) is 25.2. The van der Waals surface area contributed by atoms with Crippen LogP contribution in [-0.4, -0.2) is 44.2 Å². The number of hydrogen-bond acceptors (Lipinski definition) is 7. The van der Waals surface area contributed by atoms with E-state index in [0.717, 1.165) is 41.7 Å². The number of benzene rings is 2. The number of nitriles is 1. The molecule has 0 amide bonds. The standard InChI is InChI=1S/C26H25Cl2N5OS/c1-33(2)7-6-30-14-19-8-17(15-35-19)16-4-5-20-23(9-16)31-13-18(12-29)26(20)32-24-11-25(34-3)22(28)10-21(24)27/h4-5,8-11,13,15,30H,6-7,14H2,1-3H3,(H,31,32). The Balaban J connectivity index is 1.63. The second-order valence-corrected chi connectivity index (χ2v) is 10.1. The monoisotopic (exact) mass is 525 g/mol. The summed E-state index contributed by atoms with van der Waals surface area (Å²) < 4.78 is 5.32. The van der Waals surface area contributed by atoms with Crippen molar-refractivity contribution < 1.29 is 4.74 Å². The van der Waals surface area contributed by atoms with Crippen molar-refractivity contribution in [2.75, 3.05) is 39.6 Å². The average molecular weight is 526 g/mol. The Morgan fingerprint density at radius 1 is 1.11 bits per heavy atom. The third-order valence-electron chi connectivity index (χ3n) is 5.51. The lowest BCUT2D eigenvalue weighted by atomic mass is 10.0. The minimum atomic E-state index is 0.413. The lowest BCUT2D eigenvalue weighted by Crippen LogP contribution is -2.25. The first-order valence-corrected chi connectivity index (χ1v) is 12.6. The van der Waals surface area contributed by atoms with Crippen LogP contribution >= 0.6 is 34.5 Å². The number of aromatic nitrogens is 1. The molecular formula is C26H25Cl2N5OS. The normalized spacial score (nSPS) is 11.1. The first-order chi connectivity index (χ1) is 16.9. The Hall–Kier alpha value is -2.86. The number of thiophene rings is 1. The highest BCUT2D eigenvalue weighted by atomic mass is 35.5. The molecule has 6 nitrogen and oxygen atoms in total. The van der Waals surface area contributed by atoms with Crippen LogP contribution < -0.4 is 15.4 Å². The van der Waals surface area contributed by atoms with Gasteiger partial charge in [0.1, 0.15) is 11.8 Å². The van der Waals surface area contributed by atoms with Crippen LogP contribution in [0.15, 0.2) is 48.0 Å². The molecule has 4 aromatic rings. The number of anilines is 2. The summed E-state index contributed by atoms with van der Waals surface area (Å²) >= 11 is 14.3. The number of rotatable bonds is 9. The molecular weight excluding hydrogens is 501 g/mol. The van der Waals surface area contributed by atoms with Gasteiger partial charge >= 0.3 is 0 Å². The Labute approximate surface area is 219 Å². The summed E-state index contributed by atoms with van der Waals surface area (Å²) in [6, 6.07) is 13.8. The van der Waals surface area contributed by atoms with Crippen LogP contribution in [0.25, 0.3) is 22.0 Å². The molecule has 180 valence electrons. The lowest BCUT2D eigenvalue weighted by molar-refractivity contribution is 0.400. The number of ether oxygens (including phenoxy) is 1. The van der Waals surface area contributed by atoms with Gasteiger partial charge in [0.2, 0.25) is 0 Å². The molecule has 0 atom stereocenters. The van der Waals surface area contributed by atoms with Gasteiger partial charge in [0, 0.05) is 42.2 Å². The van der Waals surface area contributed by atoms with Crippen LogP contribution in [0.1, 0.15) is 10.4 Å². The third kappa shape index (κ3) is 5.87. The van der Waals surface area contributed by atoms with Crippen molar-refractivity contribution >= 4 is 56.8 Å². The maximum atomic E-state index is 9.71. The molecule has 35 heavy (non-hydrogen) atoms. The van der Waals surface area contributed by atoms with E-state index in [0.29, 0.717) is 32.7 Å². The molecule has 0 aliphatic carbocycles. The highest BCUT2D eigenvalue weighted by Gasteiger charge is 2.14. The lowest BCUT2D eigenvalue weighted by Gasteiger charge is -2.15. The number of fused-ring (bicyclic) bond motifs is 1. The maximum Gasteiger partial charge on any atom is 0.139 e. The quantitative estimate of drug-likeness (QED) is 0.241. The Morgan fingerprint density at radius 2 is 1.94 bits per heavy atom. The second kappa shape index (κ2) is 11.3. The van der Waals surface area contributed by atoms with Crippen LogP contribution in [-0.2, 0) is 6.54 Å². The van der Waals surface area contributed by atoms with Gasteiger partial charge in [-0.2, -0.15) is 5.26 Å². The minimum Gasteiger partial charge on any atom is -0.495 e. The van der Waals surface area contributed by atoms with E-state index >= 15 is 0 Å². The van der Waals surface area contributed by atoms with Gasteiger partial charge < -0.3 is 20.3 Å². The SMILES string of the molecule is COc1cc(Nc2c(C#N)cnc3cc(-c4csc(CNCCN(C)C)c4)ccc23)c(Cl)cc1Cl. The first-order valence-electron chi connectivity index (χ1n) is 11.0. The molecule has 4 rings (SSSR count). The van der Waals surface area contributed by atoms with E-state index in [1.807, 2.05) is 18.2 Å². The molecule has 2 N–H and O–H groups in total. The zero-order chi connectivity index (χ0) is 24.9. The fourth-order valence-electron chi connectivity index (χ4n) is 3.65. The van der Waals surface area contributed by atoms with Crippen molar-refractivity contribution in [1.29, 1.82) is 5.26 Å². The fraction of sp³-hybridized carbons (Fsp3) is 0.231. The summed E-state index contributed by atoms with van der Waals surface area (Å²) in [4.78, 5) is 7.98. The number of likely N-dealkylation sites (N-methyl/N-ethyl adjacent to an activating group) is 1. The van der Waals surface area contributed by atoms with Crippen molar-refractivity contribution in [3.8, 4) is 22.9 Å². The molecule has 0 spiro atoms. The summed E-state index contributed by atoms with van der Waals surface area (Å²) in [5.41, 5.74) is 4.63. The molecule has 0 radical (unpaired) electrons. The fourth-order valence-corrected chi connectivity index (χ4v) is 5.02. The van der Waals surface area contributed by atoms with Crippen molar-refractivity contribution in [3.63, 3.8) is 0 Å². The predicted octanol–water partition coefficient (Wildman–Crippen LogP) is 6.55. The van der Waals surface area contributed by atoms with Crippen molar-refractivity contribution in [2.24, 2.45) is 0 Å². The van der Waals surface area contributed by atoms with Crippen molar-refractivity contribution in [3.05, 3.63) is 68.5 Å². The number of halogens is 2. The van der Waals surface area contributed by atoms with Crippen molar-refractivity contribution in [2.45, 2.75) is 6.54 Å². The minimum absolute atomic E-state index is 0.413. The Bertz CT molecular complexity index is 1400. The van der Waals surface area contributed by atoms with Gasteiger partial charge in [-0.25, -0.2) is 0 Å². The molecule has 2 heterocycles. The highest BCUT2D eigenvalue weighted by molar-refractivity contribution is 7.10. The molecule has 2 aromatic heterocycles. The molecule has 2 aromatic carbocycles. The third-order valence-corrected chi connectivity index (χ3v) is 7.06. The van der Waals surface area contributed by atoms with E-state index in [1.165, 1.54) is 4.88 Å². The van der Waals surface area contributed by atoms with Gasteiger partial charge in [-0.1, -0.05) is 35.3 Å². The number of hydrogen-bond donors (Lipinski definition) is 2. The van der Waals surface area contributed by atoms with Crippen LogP contribution in [0.3, 0.4) is 0 Å². The van der Waals surface area contributed by atoms with Gasteiger partial charge in [0.15, 0.2) is 0 Å². The summed E-state index contributed by atoms with van der Waals surface area (Å²) in [6.07, 6.45) is 1.57. The molecule has 0 bridgehead atoms. The van der Waals surface area contributed by atoms with Gasteiger partial charge in [-0.3, -0.25) is 4.98 Å².